The van der Waals surface area contributed by atoms with Crippen molar-refractivity contribution in [2.75, 3.05) is 6.54 Å². The van der Waals surface area contributed by atoms with Crippen LogP contribution in [-0.2, 0) is 23.9 Å². The lowest BCUT2D eigenvalue weighted by atomic mass is 10.0. The molecule has 0 aliphatic carbocycles. The first-order valence-corrected chi connectivity index (χ1v) is 10.6. The number of nitrogens with zero attached hydrogens (tertiary/aromatic N) is 1. The van der Waals surface area contributed by atoms with E-state index in [1.54, 1.807) is 46.4 Å². The van der Waals surface area contributed by atoms with Crippen molar-refractivity contribution >= 4 is 17.8 Å². The summed E-state index contributed by atoms with van der Waals surface area (Å²) in [6.07, 6.45) is 5.16. The van der Waals surface area contributed by atoms with Gasteiger partial charge in [0.05, 0.1) is 12.0 Å². The summed E-state index contributed by atoms with van der Waals surface area (Å²) in [7, 11) is 0. The van der Waals surface area contributed by atoms with E-state index in [9.17, 15) is 19.5 Å². The number of amides is 1. The van der Waals surface area contributed by atoms with E-state index < -0.39 is 35.2 Å². The van der Waals surface area contributed by atoms with Gasteiger partial charge in [-0.05, 0) is 60.8 Å². The van der Waals surface area contributed by atoms with E-state index in [0.29, 0.717) is 13.0 Å². The molecule has 0 radical (unpaired) electrons. The van der Waals surface area contributed by atoms with Gasteiger partial charge in [0.2, 0.25) is 5.91 Å². The molecule has 1 aliphatic heterocycles. The third-order valence-corrected chi connectivity index (χ3v) is 4.50. The van der Waals surface area contributed by atoms with Crippen molar-refractivity contribution in [3.8, 4) is 0 Å². The number of hydrogen-bond acceptors (Lipinski definition) is 7. The van der Waals surface area contributed by atoms with Gasteiger partial charge in [0.15, 0.2) is 0 Å². The van der Waals surface area contributed by atoms with Crippen LogP contribution in [0.25, 0.3) is 0 Å². The molecule has 8 heteroatoms. The maximum Gasteiger partial charge on any atom is 0.324 e. The fourth-order valence-corrected chi connectivity index (χ4v) is 3.53. The highest BCUT2D eigenvalue weighted by molar-refractivity contribution is 5.81. The summed E-state index contributed by atoms with van der Waals surface area (Å²) < 4.78 is 11.2. The van der Waals surface area contributed by atoms with Gasteiger partial charge in [0.1, 0.15) is 23.3 Å². The van der Waals surface area contributed by atoms with Crippen molar-refractivity contribution in [1.82, 2.24) is 10.2 Å². The predicted molar refractivity (Wildman–Crippen MR) is 118 cm³/mol. The molecule has 1 saturated heterocycles. The number of esters is 2. The van der Waals surface area contributed by atoms with Gasteiger partial charge in [-0.3, -0.25) is 19.3 Å². The average Bonchev–Trinajstić information content (AvgIpc) is 2.99. The van der Waals surface area contributed by atoms with Gasteiger partial charge in [-0.2, -0.15) is 0 Å². The quantitative estimate of drug-likeness (QED) is 0.357. The van der Waals surface area contributed by atoms with E-state index in [1.165, 1.54) is 6.92 Å². The molecule has 1 amide bonds. The lowest BCUT2D eigenvalue weighted by Crippen LogP contribution is -2.51. The van der Waals surface area contributed by atoms with Crippen LogP contribution in [0.3, 0.4) is 0 Å². The van der Waals surface area contributed by atoms with E-state index in [4.69, 9.17) is 9.47 Å². The average molecular weight is 439 g/mol. The van der Waals surface area contributed by atoms with E-state index in [0.717, 1.165) is 6.26 Å². The van der Waals surface area contributed by atoms with Crippen molar-refractivity contribution in [3.05, 3.63) is 24.1 Å². The summed E-state index contributed by atoms with van der Waals surface area (Å²) in [4.78, 5) is 39.4. The van der Waals surface area contributed by atoms with Gasteiger partial charge in [0, 0.05) is 19.9 Å². The minimum absolute atomic E-state index is 0.0210. The monoisotopic (exact) mass is 438 g/mol. The highest BCUT2D eigenvalue weighted by atomic mass is 16.6. The molecule has 0 bridgehead atoms. The summed E-state index contributed by atoms with van der Waals surface area (Å²) >= 11 is 0. The summed E-state index contributed by atoms with van der Waals surface area (Å²) in [5.41, 5.74) is -1.24. The Morgan fingerprint density at radius 3 is 2.16 bits per heavy atom. The lowest BCUT2D eigenvalue weighted by molar-refractivity contribution is -0.167. The van der Waals surface area contributed by atoms with E-state index >= 15 is 0 Å². The minimum atomic E-state index is -0.891. The van der Waals surface area contributed by atoms with Crippen molar-refractivity contribution in [2.24, 2.45) is 5.92 Å². The van der Waals surface area contributed by atoms with E-state index in [-0.39, 0.29) is 23.9 Å². The Hall–Kier alpha value is -2.35. The smallest absolute Gasteiger partial charge is 0.324 e. The molecule has 1 aliphatic rings. The second-order valence-corrected chi connectivity index (χ2v) is 9.86. The lowest BCUT2D eigenvalue weighted by Gasteiger charge is -2.34. The number of nitrogens with one attached hydrogen (secondary N) is 1. The fraction of sp³-hybridized carbons (Fsp3) is 0.696. The van der Waals surface area contributed by atoms with Gasteiger partial charge in [-0.25, -0.2) is 0 Å². The number of likely N-dealkylation sites (tertiary alicyclic amines) is 1. The van der Waals surface area contributed by atoms with Crippen LogP contribution in [-0.4, -0.2) is 57.7 Å². The number of allylic oxidation sites excluding steroid dienone is 1. The molecule has 2 N–H and O–H groups in total. The summed E-state index contributed by atoms with van der Waals surface area (Å²) in [6.45, 7) is 14.3. The minimum Gasteiger partial charge on any atom is -0.514 e. The Balaban J connectivity index is 3.32. The molecule has 1 rings (SSSR count). The first-order valence-electron chi connectivity index (χ1n) is 10.6. The zero-order valence-corrected chi connectivity index (χ0v) is 20.0. The third kappa shape index (κ3) is 9.12. The number of carbonyl (C=O) groups is 3. The SMILES string of the molecule is CC=CC1CC(C(=O)OC(C)(C)C)N([C@@H](CC(=CO)NC(C)=O)C(=O)OC(C)(C)C)C1. The molecule has 2 unspecified atom stereocenters. The number of aliphatic hydroxyl groups excluding tert-OH is 1. The van der Waals surface area contributed by atoms with Crippen LogP contribution >= 0.6 is 0 Å². The summed E-state index contributed by atoms with van der Waals surface area (Å²) in [5.74, 6) is -1.27. The van der Waals surface area contributed by atoms with Gasteiger partial charge < -0.3 is 19.9 Å². The van der Waals surface area contributed by atoms with Crippen molar-refractivity contribution in [2.45, 2.75) is 91.5 Å². The molecule has 176 valence electrons. The molecule has 3 atom stereocenters. The first kappa shape index (κ1) is 26.7. The molecule has 8 nitrogen and oxygen atoms in total. The zero-order chi connectivity index (χ0) is 24.0. The van der Waals surface area contributed by atoms with Crippen molar-refractivity contribution < 1.29 is 29.0 Å². The topological polar surface area (TPSA) is 105 Å². The maximum absolute atomic E-state index is 13.1. The number of aliphatic hydroxyl groups is 1. The van der Waals surface area contributed by atoms with Crippen LogP contribution < -0.4 is 5.32 Å². The molecule has 0 aromatic carbocycles. The van der Waals surface area contributed by atoms with Gasteiger partial charge >= 0.3 is 11.9 Å². The number of carbonyl (C=O) groups excluding carboxylic acids is 3. The van der Waals surface area contributed by atoms with Gasteiger partial charge in [-0.15, -0.1) is 0 Å². The highest BCUT2D eigenvalue weighted by Crippen LogP contribution is 2.31. The molecule has 0 saturated carbocycles. The normalized spacial score (nSPS) is 21.7. The number of ether oxygens (including phenoxy) is 2. The number of rotatable bonds is 7. The number of hydrogen-bond donors (Lipinski definition) is 2. The zero-order valence-electron chi connectivity index (χ0n) is 20.0. The third-order valence-electron chi connectivity index (χ3n) is 4.50. The van der Waals surface area contributed by atoms with Crippen LogP contribution in [0.4, 0.5) is 0 Å². The van der Waals surface area contributed by atoms with Crippen LogP contribution in [0.5, 0.6) is 0 Å². The Morgan fingerprint density at radius 1 is 1.13 bits per heavy atom. The maximum atomic E-state index is 13.1. The van der Waals surface area contributed by atoms with Crippen LogP contribution in [0.15, 0.2) is 24.1 Å². The molecule has 0 aromatic rings. The fourth-order valence-electron chi connectivity index (χ4n) is 3.53. The van der Waals surface area contributed by atoms with Crippen molar-refractivity contribution in [3.63, 3.8) is 0 Å². The second-order valence-electron chi connectivity index (χ2n) is 9.86. The Morgan fingerprint density at radius 2 is 1.71 bits per heavy atom. The van der Waals surface area contributed by atoms with E-state index in [2.05, 4.69) is 5.32 Å². The van der Waals surface area contributed by atoms with E-state index in [1.807, 2.05) is 19.1 Å². The van der Waals surface area contributed by atoms with Crippen LogP contribution in [0.2, 0.25) is 0 Å². The summed E-state index contributed by atoms with van der Waals surface area (Å²) in [5, 5.41) is 12.1. The van der Waals surface area contributed by atoms with Gasteiger partial charge in [-0.1, -0.05) is 12.2 Å². The largest absolute Gasteiger partial charge is 0.514 e. The predicted octanol–water partition coefficient (Wildman–Crippen LogP) is 3.23. The Kier molecular flexibility index (Phi) is 9.29. The van der Waals surface area contributed by atoms with Crippen LogP contribution in [0.1, 0.15) is 68.2 Å². The first-order chi connectivity index (χ1) is 14.2. The molecular formula is C23H38N2O6. The molecular weight excluding hydrogens is 400 g/mol. The standard InChI is InChI=1S/C23H38N2O6/c1-9-10-16-11-18(20(28)30-22(3,4)5)25(13-16)19(21(29)31-23(6,7)8)12-17(14-26)24-15(2)27/h9-10,14,16,18-19,26H,11-13H2,1-8H3,(H,24,27)/t16?,18?,19-/m0/s1. The molecule has 1 fully saturated rings. The molecule has 31 heavy (non-hydrogen) atoms. The summed E-state index contributed by atoms with van der Waals surface area (Å²) in [6, 6.07) is -1.55. The second kappa shape index (κ2) is 10.8. The van der Waals surface area contributed by atoms with Crippen LogP contribution in [0, 0.1) is 5.92 Å². The Bertz CT molecular complexity index is 715. The van der Waals surface area contributed by atoms with Gasteiger partial charge in [0.25, 0.3) is 0 Å². The molecule has 1 heterocycles. The van der Waals surface area contributed by atoms with Crippen molar-refractivity contribution in [1.29, 1.82) is 0 Å². The Labute approximate surface area is 185 Å². The molecule has 0 aromatic heterocycles. The molecule has 0 spiro atoms. The highest BCUT2D eigenvalue weighted by Gasteiger charge is 2.45.